The van der Waals surface area contributed by atoms with E-state index in [0.717, 1.165) is 17.1 Å². The van der Waals surface area contributed by atoms with Gasteiger partial charge in [0.25, 0.3) is 5.56 Å². The van der Waals surface area contributed by atoms with Crippen molar-refractivity contribution in [1.29, 1.82) is 0 Å². The zero-order chi connectivity index (χ0) is 24.2. The number of methoxy groups -OCH3 is 1. The fourth-order valence-corrected chi connectivity index (χ4v) is 3.83. The molecule has 1 aliphatic heterocycles. The number of hydrogen-bond donors (Lipinski definition) is 1. The van der Waals surface area contributed by atoms with Crippen LogP contribution in [-0.4, -0.2) is 62.2 Å². The fraction of sp³-hybridized carbons (Fsp3) is 0.250. The molecule has 178 valence electrons. The summed E-state index contributed by atoms with van der Waals surface area (Å²) in [6.45, 7) is 1.72. The van der Waals surface area contributed by atoms with Gasteiger partial charge in [-0.3, -0.25) is 9.59 Å². The van der Waals surface area contributed by atoms with Gasteiger partial charge in [0.15, 0.2) is 5.82 Å². The third-order valence-corrected chi connectivity index (χ3v) is 5.83. The number of anilines is 1. The Morgan fingerprint density at radius 3 is 2.66 bits per heavy atom. The Hall–Kier alpha value is -4.54. The van der Waals surface area contributed by atoms with E-state index < -0.39 is 0 Å². The van der Waals surface area contributed by atoms with Crippen LogP contribution < -0.4 is 20.5 Å². The lowest BCUT2D eigenvalue weighted by atomic mass is 9.99. The van der Waals surface area contributed by atoms with Crippen molar-refractivity contribution >= 4 is 11.7 Å². The van der Waals surface area contributed by atoms with Crippen LogP contribution in [0.3, 0.4) is 0 Å². The number of carbonyl (C=O) groups is 1. The first-order valence-electron chi connectivity index (χ1n) is 11.2. The molecule has 0 radical (unpaired) electrons. The summed E-state index contributed by atoms with van der Waals surface area (Å²) < 4.78 is 8.21. The molecule has 4 heterocycles. The summed E-state index contributed by atoms with van der Waals surface area (Å²) in [4.78, 5) is 35.4. The molecule has 35 heavy (non-hydrogen) atoms. The second kappa shape index (κ2) is 9.75. The van der Waals surface area contributed by atoms with Crippen molar-refractivity contribution in [1.82, 2.24) is 34.8 Å². The second-order valence-electron chi connectivity index (χ2n) is 8.09. The number of ether oxygens (including phenoxy) is 1. The Morgan fingerprint density at radius 2 is 1.91 bits per heavy atom. The molecule has 11 nitrogen and oxygen atoms in total. The highest BCUT2D eigenvalue weighted by Gasteiger charge is 2.33. The summed E-state index contributed by atoms with van der Waals surface area (Å²) in [5, 5.41) is 11.5. The van der Waals surface area contributed by atoms with Crippen LogP contribution in [0, 0.1) is 5.92 Å². The molecule has 1 fully saturated rings. The van der Waals surface area contributed by atoms with Crippen molar-refractivity contribution < 1.29 is 9.53 Å². The van der Waals surface area contributed by atoms with Gasteiger partial charge < -0.3 is 15.0 Å². The zero-order valence-electron chi connectivity index (χ0n) is 19.1. The predicted octanol–water partition coefficient (Wildman–Crippen LogP) is 1.15. The topological polar surface area (TPSA) is 120 Å². The van der Waals surface area contributed by atoms with Gasteiger partial charge in [0, 0.05) is 49.7 Å². The van der Waals surface area contributed by atoms with E-state index in [9.17, 15) is 9.59 Å². The molecule has 1 N–H and O–H groups in total. The number of benzene rings is 1. The highest BCUT2D eigenvalue weighted by atomic mass is 16.5. The van der Waals surface area contributed by atoms with Crippen molar-refractivity contribution in [3.63, 3.8) is 0 Å². The maximum atomic E-state index is 12.6. The molecule has 0 atom stereocenters. The molecule has 0 spiro atoms. The average Bonchev–Trinajstić information content (AvgIpc) is 3.40. The molecule has 5 rings (SSSR count). The van der Waals surface area contributed by atoms with Crippen molar-refractivity contribution in [3.8, 4) is 22.8 Å². The first kappa shape index (κ1) is 22.3. The van der Waals surface area contributed by atoms with E-state index in [2.05, 4.69) is 25.5 Å². The van der Waals surface area contributed by atoms with Crippen LogP contribution in [0.25, 0.3) is 17.1 Å². The third kappa shape index (κ3) is 4.88. The Morgan fingerprint density at radius 1 is 1.11 bits per heavy atom. The SMILES string of the molecule is COc1ccc(-c2ccc(=O)n(CCNC(=O)C3CN(c4cc(-n5cccn5)ncn4)C3)n2)cc1. The zero-order valence-corrected chi connectivity index (χ0v) is 19.1. The minimum absolute atomic E-state index is 0.0537. The van der Waals surface area contributed by atoms with Crippen molar-refractivity contribution in [2.45, 2.75) is 6.54 Å². The van der Waals surface area contributed by atoms with E-state index in [1.54, 1.807) is 24.1 Å². The fourth-order valence-electron chi connectivity index (χ4n) is 3.83. The smallest absolute Gasteiger partial charge is 0.266 e. The lowest BCUT2D eigenvalue weighted by Gasteiger charge is -2.39. The van der Waals surface area contributed by atoms with Gasteiger partial charge in [0.2, 0.25) is 5.91 Å². The summed E-state index contributed by atoms with van der Waals surface area (Å²) in [6.07, 6.45) is 4.99. The Balaban J connectivity index is 1.14. The average molecular weight is 473 g/mol. The summed E-state index contributed by atoms with van der Waals surface area (Å²) in [5.74, 6) is 1.97. The van der Waals surface area contributed by atoms with E-state index in [4.69, 9.17) is 4.74 Å². The predicted molar refractivity (Wildman–Crippen MR) is 128 cm³/mol. The number of carbonyl (C=O) groups excluding carboxylic acids is 1. The summed E-state index contributed by atoms with van der Waals surface area (Å²) in [5.41, 5.74) is 1.33. The van der Waals surface area contributed by atoms with Gasteiger partial charge >= 0.3 is 0 Å². The molecular weight excluding hydrogens is 448 g/mol. The summed E-state index contributed by atoms with van der Waals surface area (Å²) in [7, 11) is 1.61. The Bertz CT molecular complexity index is 1360. The number of aromatic nitrogens is 6. The van der Waals surface area contributed by atoms with E-state index in [1.165, 1.54) is 17.1 Å². The van der Waals surface area contributed by atoms with Gasteiger partial charge in [-0.15, -0.1) is 0 Å². The molecule has 1 aromatic carbocycles. The number of amides is 1. The maximum absolute atomic E-state index is 12.6. The highest BCUT2D eigenvalue weighted by molar-refractivity contribution is 5.81. The van der Waals surface area contributed by atoms with Crippen molar-refractivity contribution in [2.24, 2.45) is 5.92 Å². The van der Waals surface area contributed by atoms with Gasteiger partial charge in [-0.05, 0) is 36.4 Å². The summed E-state index contributed by atoms with van der Waals surface area (Å²) >= 11 is 0. The quantitative estimate of drug-likeness (QED) is 0.406. The molecule has 0 saturated carbocycles. The molecule has 0 unspecified atom stereocenters. The number of hydrogen-bond acceptors (Lipinski definition) is 8. The molecule has 1 saturated heterocycles. The van der Waals surface area contributed by atoms with Crippen LogP contribution in [-0.2, 0) is 11.3 Å². The number of rotatable bonds is 8. The van der Waals surface area contributed by atoms with E-state index >= 15 is 0 Å². The van der Waals surface area contributed by atoms with Gasteiger partial charge in [0.05, 0.1) is 25.3 Å². The normalized spacial score (nSPS) is 13.3. The lowest BCUT2D eigenvalue weighted by Crippen LogP contribution is -2.54. The molecule has 3 aromatic heterocycles. The minimum Gasteiger partial charge on any atom is -0.497 e. The molecule has 0 aliphatic carbocycles. The first-order chi connectivity index (χ1) is 17.1. The van der Waals surface area contributed by atoms with Crippen LogP contribution in [0.15, 0.2) is 72.0 Å². The number of nitrogens with one attached hydrogen (secondary N) is 1. The van der Waals surface area contributed by atoms with E-state index in [0.29, 0.717) is 31.1 Å². The molecule has 0 bridgehead atoms. The maximum Gasteiger partial charge on any atom is 0.266 e. The Kier molecular flexibility index (Phi) is 6.20. The van der Waals surface area contributed by atoms with Gasteiger partial charge in [-0.2, -0.15) is 10.2 Å². The lowest BCUT2D eigenvalue weighted by molar-refractivity contribution is -0.125. The standard InChI is InChI=1S/C24H24N8O3/c1-35-19-5-3-17(4-6-19)20-7-8-23(33)32(29-20)12-10-25-24(34)18-14-30(15-18)21-13-22(27-16-26-21)31-11-2-9-28-31/h2-9,11,13,16,18H,10,12,14-15H2,1H3,(H,25,34). The minimum atomic E-state index is -0.219. The van der Waals surface area contributed by atoms with Crippen LogP contribution >= 0.6 is 0 Å². The van der Waals surface area contributed by atoms with Crippen molar-refractivity contribution in [3.05, 3.63) is 77.6 Å². The number of nitrogens with zero attached hydrogens (tertiary/aromatic N) is 7. The molecule has 4 aromatic rings. The second-order valence-corrected chi connectivity index (χ2v) is 8.09. The monoisotopic (exact) mass is 472 g/mol. The van der Waals surface area contributed by atoms with Crippen LogP contribution in [0.4, 0.5) is 5.82 Å². The largest absolute Gasteiger partial charge is 0.497 e. The van der Waals surface area contributed by atoms with Crippen molar-refractivity contribution in [2.75, 3.05) is 31.6 Å². The molecule has 1 amide bonds. The highest BCUT2D eigenvalue weighted by Crippen LogP contribution is 2.23. The van der Waals surface area contributed by atoms with E-state index in [1.807, 2.05) is 47.5 Å². The first-order valence-corrected chi connectivity index (χ1v) is 11.2. The van der Waals surface area contributed by atoms with E-state index in [-0.39, 0.29) is 23.9 Å². The van der Waals surface area contributed by atoms with Crippen LogP contribution in [0.5, 0.6) is 5.75 Å². The van der Waals surface area contributed by atoms with Gasteiger partial charge in [0.1, 0.15) is 17.9 Å². The molecule has 11 heteroatoms. The molecule has 1 aliphatic rings. The summed E-state index contributed by atoms with van der Waals surface area (Å²) in [6, 6.07) is 14.3. The van der Waals surface area contributed by atoms with Crippen LogP contribution in [0.2, 0.25) is 0 Å². The van der Waals surface area contributed by atoms with Gasteiger partial charge in [-0.1, -0.05) is 0 Å². The third-order valence-electron chi connectivity index (χ3n) is 5.83. The van der Waals surface area contributed by atoms with Gasteiger partial charge in [-0.25, -0.2) is 19.3 Å². The van der Waals surface area contributed by atoms with Crippen LogP contribution in [0.1, 0.15) is 0 Å². The Labute approximate surface area is 201 Å². The molecular formula is C24H24N8O3.